The molecule has 28 heavy (non-hydrogen) atoms. The van der Waals surface area contributed by atoms with Crippen LogP contribution in [-0.4, -0.2) is 74.2 Å². The third-order valence-corrected chi connectivity index (χ3v) is 4.68. The summed E-state index contributed by atoms with van der Waals surface area (Å²) in [6.07, 6.45) is 16.6. The van der Waals surface area contributed by atoms with Crippen LogP contribution in [0.15, 0.2) is 0 Å². The molecule has 0 atom stereocenters. The highest BCUT2D eigenvalue weighted by Crippen LogP contribution is 2.09. The zero-order chi connectivity index (χ0) is 20.5. The number of piperidine rings is 1. The summed E-state index contributed by atoms with van der Waals surface area (Å²) in [5, 5.41) is 0. The maximum absolute atomic E-state index is 11.8. The topological polar surface area (TPSA) is 59.1 Å². The second-order valence-corrected chi connectivity index (χ2v) is 6.95. The summed E-state index contributed by atoms with van der Waals surface area (Å²) in [5.74, 6) is 4.38. The molecule has 6 heteroatoms. The second kappa shape index (κ2) is 16.0. The van der Waals surface area contributed by atoms with E-state index in [-0.39, 0.29) is 25.2 Å². The number of esters is 2. The van der Waals surface area contributed by atoms with Crippen molar-refractivity contribution in [1.29, 1.82) is 0 Å². The molecule has 0 spiro atoms. The molecule has 1 fully saturated rings. The van der Waals surface area contributed by atoms with Gasteiger partial charge < -0.3 is 19.3 Å². The van der Waals surface area contributed by atoms with Crippen molar-refractivity contribution in [3.05, 3.63) is 0 Å². The number of carbonyl (C=O) groups is 2. The molecule has 0 aromatic heterocycles. The Kier molecular flexibility index (Phi) is 13.7. The largest absolute Gasteiger partial charge is 0.465 e. The average Bonchev–Trinajstić information content (AvgIpc) is 2.71. The molecule has 0 saturated carbocycles. The Balaban J connectivity index is 2.34. The Labute approximate surface area is 169 Å². The van der Waals surface area contributed by atoms with Crippen molar-refractivity contribution in [2.24, 2.45) is 0 Å². The van der Waals surface area contributed by atoms with Gasteiger partial charge in [0.25, 0.3) is 0 Å². The van der Waals surface area contributed by atoms with Crippen molar-refractivity contribution in [2.75, 3.05) is 52.5 Å². The van der Waals surface area contributed by atoms with E-state index in [4.69, 9.17) is 22.3 Å². The van der Waals surface area contributed by atoms with Crippen molar-refractivity contribution in [2.45, 2.75) is 51.4 Å². The Morgan fingerprint density at radius 3 is 1.89 bits per heavy atom. The van der Waals surface area contributed by atoms with Gasteiger partial charge in [0.1, 0.15) is 13.2 Å². The average molecular weight is 391 g/mol. The van der Waals surface area contributed by atoms with Crippen molar-refractivity contribution in [3.8, 4) is 24.7 Å². The van der Waals surface area contributed by atoms with Crippen LogP contribution in [0.5, 0.6) is 0 Å². The van der Waals surface area contributed by atoms with E-state index in [9.17, 15) is 9.59 Å². The summed E-state index contributed by atoms with van der Waals surface area (Å²) < 4.78 is 10.2. The van der Waals surface area contributed by atoms with Crippen LogP contribution >= 0.6 is 0 Å². The molecule has 1 heterocycles. The van der Waals surface area contributed by atoms with Crippen molar-refractivity contribution >= 4 is 11.9 Å². The molecule has 0 radical (unpaired) electrons. The monoisotopic (exact) mass is 390 g/mol. The predicted octanol–water partition coefficient (Wildman–Crippen LogP) is 2.08. The van der Waals surface area contributed by atoms with Gasteiger partial charge in [0.2, 0.25) is 0 Å². The fourth-order valence-corrected chi connectivity index (χ4v) is 3.13. The standard InChI is InChI=1S/C22H34N2O4/c1-3-5-19-27-21(25)11-17-24(18-12-22(26)28-20-6-4-2)16-10-15-23-13-8-7-9-14-23/h1-2H,5-20H2. The van der Waals surface area contributed by atoms with Crippen LogP contribution in [-0.2, 0) is 19.1 Å². The Morgan fingerprint density at radius 1 is 0.857 bits per heavy atom. The molecule has 1 rings (SSSR count). The van der Waals surface area contributed by atoms with E-state index in [2.05, 4.69) is 21.6 Å². The Morgan fingerprint density at radius 2 is 1.39 bits per heavy atom. The molecule has 156 valence electrons. The van der Waals surface area contributed by atoms with E-state index in [0.717, 1.165) is 19.5 Å². The highest BCUT2D eigenvalue weighted by Gasteiger charge is 2.14. The first kappa shape index (κ1) is 24.0. The summed E-state index contributed by atoms with van der Waals surface area (Å²) in [6, 6.07) is 0. The summed E-state index contributed by atoms with van der Waals surface area (Å²) in [5.41, 5.74) is 0. The van der Waals surface area contributed by atoms with Gasteiger partial charge in [0.05, 0.1) is 12.8 Å². The maximum Gasteiger partial charge on any atom is 0.307 e. The predicted molar refractivity (Wildman–Crippen MR) is 109 cm³/mol. The lowest BCUT2D eigenvalue weighted by Gasteiger charge is -2.28. The lowest BCUT2D eigenvalue weighted by atomic mass is 10.1. The zero-order valence-electron chi connectivity index (χ0n) is 17.0. The normalized spacial score (nSPS) is 14.2. The number of nitrogens with zero attached hydrogens (tertiary/aromatic N) is 2. The third-order valence-electron chi connectivity index (χ3n) is 4.68. The highest BCUT2D eigenvalue weighted by molar-refractivity contribution is 5.70. The first-order valence-corrected chi connectivity index (χ1v) is 10.3. The minimum absolute atomic E-state index is 0.256. The van der Waals surface area contributed by atoms with E-state index in [0.29, 0.717) is 38.8 Å². The minimum atomic E-state index is -0.257. The van der Waals surface area contributed by atoms with E-state index < -0.39 is 0 Å². The van der Waals surface area contributed by atoms with Gasteiger partial charge >= 0.3 is 11.9 Å². The van der Waals surface area contributed by atoms with Crippen LogP contribution in [0.25, 0.3) is 0 Å². The second-order valence-electron chi connectivity index (χ2n) is 6.95. The van der Waals surface area contributed by atoms with Crippen LogP contribution in [0.3, 0.4) is 0 Å². The first-order valence-electron chi connectivity index (χ1n) is 10.3. The number of ether oxygens (including phenoxy) is 2. The van der Waals surface area contributed by atoms with Crippen LogP contribution in [0.2, 0.25) is 0 Å². The van der Waals surface area contributed by atoms with Crippen LogP contribution < -0.4 is 0 Å². The van der Waals surface area contributed by atoms with Crippen molar-refractivity contribution in [3.63, 3.8) is 0 Å². The fraction of sp³-hybridized carbons (Fsp3) is 0.727. The van der Waals surface area contributed by atoms with Crippen molar-refractivity contribution in [1.82, 2.24) is 9.80 Å². The molecular weight excluding hydrogens is 356 g/mol. The third kappa shape index (κ3) is 12.4. The molecule has 6 nitrogen and oxygen atoms in total. The van der Waals surface area contributed by atoms with Crippen molar-refractivity contribution < 1.29 is 19.1 Å². The number of likely N-dealkylation sites (tertiary alicyclic amines) is 1. The van der Waals surface area contributed by atoms with E-state index in [1.54, 1.807) is 0 Å². The summed E-state index contributed by atoms with van der Waals surface area (Å²) in [6.45, 7) is 5.87. The lowest BCUT2D eigenvalue weighted by molar-refractivity contribution is -0.143. The molecule has 0 amide bonds. The molecular formula is C22H34N2O4. The van der Waals surface area contributed by atoms with Gasteiger partial charge in [-0.15, -0.1) is 24.7 Å². The van der Waals surface area contributed by atoms with Gasteiger partial charge in [-0.05, 0) is 45.4 Å². The molecule has 0 aliphatic carbocycles. The van der Waals surface area contributed by atoms with Gasteiger partial charge in [-0.1, -0.05) is 6.42 Å². The number of hydrogen-bond acceptors (Lipinski definition) is 6. The van der Waals surface area contributed by atoms with Crippen LogP contribution in [0, 0.1) is 24.7 Å². The lowest BCUT2D eigenvalue weighted by Crippen LogP contribution is -2.35. The smallest absolute Gasteiger partial charge is 0.307 e. The SMILES string of the molecule is C#CCCOC(=O)CCN(CCCN1CCCCC1)CCC(=O)OCCC#C. The van der Waals surface area contributed by atoms with Gasteiger partial charge in [-0.2, -0.15) is 0 Å². The number of hydrogen-bond donors (Lipinski definition) is 0. The van der Waals surface area contributed by atoms with Gasteiger partial charge in [-0.25, -0.2) is 0 Å². The molecule has 1 saturated heterocycles. The molecule has 0 bridgehead atoms. The van der Waals surface area contributed by atoms with Gasteiger partial charge in [0, 0.05) is 25.9 Å². The van der Waals surface area contributed by atoms with E-state index in [1.807, 2.05) is 0 Å². The summed E-state index contributed by atoms with van der Waals surface area (Å²) in [7, 11) is 0. The van der Waals surface area contributed by atoms with Gasteiger partial charge in [0.15, 0.2) is 0 Å². The Hall–Kier alpha value is -2.02. The number of carbonyl (C=O) groups excluding carboxylic acids is 2. The molecule has 0 unspecified atom stereocenters. The maximum atomic E-state index is 11.8. The van der Waals surface area contributed by atoms with Crippen LogP contribution in [0.1, 0.15) is 51.4 Å². The summed E-state index contributed by atoms with van der Waals surface area (Å²) in [4.78, 5) is 28.3. The van der Waals surface area contributed by atoms with Crippen LogP contribution in [0.4, 0.5) is 0 Å². The zero-order valence-corrected chi connectivity index (χ0v) is 17.0. The molecule has 0 aromatic rings. The Bertz CT molecular complexity index is 494. The number of rotatable bonds is 14. The minimum Gasteiger partial charge on any atom is -0.465 e. The number of terminal acetylenes is 2. The first-order chi connectivity index (χ1) is 13.7. The highest BCUT2D eigenvalue weighted by atomic mass is 16.5. The molecule has 1 aliphatic heterocycles. The van der Waals surface area contributed by atoms with Gasteiger partial charge in [-0.3, -0.25) is 9.59 Å². The summed E-state index contributed by atoms with van der Waals surface area (Å²) >= 11 is 0. The molecule has 1 aliphatic rings. The molecule has 0 aromatic carbocycles. The fourth-order valence-electron chi connectivity index (χ4n) is 3.13. The van der Waals surface area contributed by atoms with E-state index in [1.165, 1.54) is 32.4 Å². The molecule has 0 N–H and O–H groups in total. The van der Waals surface area contributed by atoms with E-state index >= 15 is 0 Å². The quantitative estimate of drug-likeness (QED) is 0.257.